The number of amides is 1. The van der Waals surface area contributed by atoms with Gasteiger partial charge in [0.25, 0.3) is 0 Å². The lowest BCUT2D eigenvalue weighted by molar-refractivity contribution is -0.129. The fourth-order valence-corrected chi connectivity index (χ4v) is 3.50. The van der Waals surface area contributed by atoms with Crippen LogP contribution in [0.5, 0.6) is 0 Å². The molecule has 1 amide bonds. The fourth-order valence-electron chi connectivity index (χ4n) is 2.71. The molecule has 1 N–H and O–H groups in total. The maximum atomic E-state index is 11.4. The van der Waals surface area contributed by atoms with E-state index >= 15 is 0 Å². The van der Waals surface area contributed by atoms with Gasteiger partial charge in [-0.3, -0.25) is 4.79 Å². The van der Waals surface area contributed by atoms with E-state index in [2.05, 4.69) is 14.9 Å². The molecule has 0 unspecified atom stereocenters. The van der Waals surface area contributed by atoms with Crippen molar-refractivity contribution in [1.82, 2.24) is 14.9 Å². The number of aryl methyl sites for hydroxylation is 1. The molecule has 0 saturated carbocycles. The summed E-state index contributed by atoms with van der Waals surface area (Å²) in [7, 11) is 0. The number of thioether (sulfide) groups is 1. The van der Waals surface area contributed by atoms with Gasteiger partial charge in [0.1, 0.15) is 11.6 Å². The third-order valence-corrected chi connectivity index (χ3v) is 4.95. The van der Waals surface area contributed by atoms with Gasteiger partial charge in [-0.15, -0.1) is 0 Å². The molecule has 9 heteroatoms. The number of rotatable bonds is 5. The molecule has 1 aliphatic heterocycles. The Hall–Kier alpha value is -2.55. The van der Waals surface area contributed by atoms with E-state index in [4.69, 9.17) is 9.52 Å². The number of carboxylic acids is 1. The molecule has 1 fully saturated rings. The van der Waals surface area contributed by atoms with Crippen LogP contribution < -0.4 is 4.90 Å². The second-order valence-electron chi connectivity index (χ2n) is 6.00. The topological polar surface area (TPSA) is 99.8 Å². The van der Waals surface area contributed by atoms with Crippen molar-refractivity contribution in [3.63, 3.8) is 0 Å². The molecule has 26 heavy (non-hydrogen) atoms. The van der Waals surface area contributed by atoms with Gasteiger partial charge in [-0.05, 0) is 19.1 Å². The minimum atomic E-state index is -1.08. The number of hydrogen-bond acceptors (Lipinski definition) is 7. The van der Waals surface area contributed by atoms with Crippen LogP contribution in [0.2, 0.25) is 0 Å². The fraction of sp³-hybridized carbons (Fsp3) is 0.412. The van der Waals surface area contributed by atoms with Crippen molar-refractivity contribution in [1.29, 1.82) is 0 Å². The summed E-state index contributed by atoms with van der Waals surface area (Å²) in [4.78, 5) is 35.3. The van der Waals surface area contributed by atoms with Crippen molar-refractivity contribution in [3.05, 3.63) is 35.4 Å². The molecule has 1 aliphatic rings. The Bertz CT molecular complexity index is 815. The smallest absolute Gasteiger partial charge is 0.371 e. The molecular weight excluding hydrogens is 356 g/mol. The Morgan fingerprint density at radius 3 is 2.58 bits per heavy atom. The summed E-state index contributed by atoms with van der Waals surface area (Å²) in [5.74, 6) is 0.797. The molecule has 0 radical (unpaired) electrons. The molecule has 1 saturated heterocycles. The third-order valence-electron chi connectivity index (χ3n) is 4.09. The number of carbonyl (C=O) groups excluding carboxylic acids is 1. The van der Waals surface area contributed by atoms with Gasteiger partial charge in [0.15, 0.2) is 5.16 Å². The minimum Gasteiger partial charge on any atom is -0.475 e. The highest BCUT2D eigenvalue weighted by Crippen LogP contribution is 2.24. The first-order valence-electron chi connectivity index (χ1n) is 8.23. The molecule has 3 rings (SSSR count). The number of furan rings is 1. The van der Waals surface area contributed by atoms with E-state index in [1.54, 1.807) is 13.0 Å². The zero-order valence-electron chi connectivity index (χ0n) is 14.6. The first-order chi connectivity index (χ1) is 12.4. The number of nitrogens with zero attached hydrogens (tertiary/aromatic N) is 4. The van der Waals surface area contributed by atoms with Gasteiger partial charge < -0.3 is 19.3 Å². The van der Waals surface area contributed by atoms with Crippen molar-refractivity contribution < 1.29 is 19.1 Å². The summed E-state index contributed by atoms with van der Waals surface area (Å²) in [6.07, 6.45) is 0. The molecule has 138 valence electrons. The van der Waals surface area contributed by atoms with Crippen LogP contribution in [0.1, 0.15) is 28.9 Å². The number of carbonyl (C=O) groups is 2. The molecule has 0 bridgehead atoms. The molecule has 2 aromatic heterocycles. The predicted molar refractivity (Wildman–Crippen MR) is 96.5 cm³/mol. The van der Waals surface area contributed by atoms with E-state index in [-0.39, 0.29) is 11.7 Å². The van der Waals surface area contributed by atoms with Gasteiger partial charge in [-0.2, -0.15) is 0 Å². The lowest BCUT2D eigenvalue weighted by atomic mass is 10.3. The lowest BCUT2D eigenvalue weighted by Gasteiger charge is -2.35. The van der Waals surface area contributed by atoms with Crippen LogP contribution in [0.25, 0.3) is 0 Å². The monoisotopic (exact) mass is 376 g/mol. The molecule has 0 spiro atoms. The van der Waals surface area contributed by atoms with Crippen LogP contribution in [-0.2, 0) is 10.5 Å². The Balaban J connectivity index is 1.65. The minimum absolute atomic E-state index is 0.0743. The van der Waals surface area contributed by atoms with Crippen LogP contribution in [-0.4, -0.2) is 58.0 Å². The van der Waals surface area contributed by atoms with Crippen molar-refractivity contribution in [3.8, 4) is 0 Å². The van der Waals surface area contributed by atoms with E-state index in [0.29, 0.717) is 29.8 Å². The van der Waals surface area contributed by atoms with Gasteiger partial charge >= 0.3 is 5.97 Å². The van der Waals surface area contributed by atoms with E-state index in [9.17, 15) is 9.59 Å². The zero-order chi connectivity index (χ0) is 18.7. The molecule has 0 atom stereocenters. The Morgan fingerprint density at radius 2 is 1.96 bits per heavy atom. The van der Waals surface area contributed by atoms with Gasteiger partial charge in [0.05, 0.1) is 5.75 Å². The second kappa shape index (κ2) is 7.77. The summed E-state index contributed by atoms with van der Waals surface area (Å²) in [6, 6.07) is 5.02. The number of piperazine rings is 1. The summed E-state index contributed by atoms with van der Waals surface area (Å²) < 4.78 is 5.25. The summed E-state index contributed by atoms with van der Waals surface area (Å²) in [5, 5.41) is 9.51. The largest absolute Gasteiger partial charge is 0.475 e. The van der Waals surface area contributed by atoms with Crippen LogP contribution in [0.15, 0.2) is 27.8 Å². The summed E-state index contributed by atoms with van der Waals surface area (Å²) in [5.41, 5.74) is 0.858. The molecule has 2 aromatic rings. The normalized spacial score (nSPS) is 14.5. The first-order valence-corrected chi connectivity index (χ1v) is 9.22. The highest BCUT2D eigenvalue weighted by atomic mass is 32.2. The highest BCUT2D eigenvalue weighted by molar-refractivity contribution is 7.98. The maximum absolute atomic E-state index is 11.4. The lowest BCUT2D eigenvalue weighted by Crippen LogP contribution is -2.48. The Kier molecular flexibility index (Phi) is 5.46. The Morgan fingerprint density at radius 1 is 1.23 bits per heavy atom. The van der Waals surface area contributed by atoms with E-state index in [1.807, 2.05) is 17.9 Å². The average Bonchev–Trinajstić information content (AvgIpc) is 3.09. The van der Waals surface area contributed by atoms with Gasteiger partial charge in [0, 0.05) is 44.9 Å². The van der Waals surface area contributed by atoms with E-state index < -0.39 is 5.97 Å². The van der Waals surface area contributed by atoms with Crippen LogP contribution >= 0.6 is 11.8 Å². The second-order valence-corrected chi connectivity index (χ2v) is 6.95. The molecule has 8 nitrogen and oxygen atoms in total. The number of hydrogen-bond donors (Lipinski definition) is 1. The van der Waals surface area contributed by atoms with Gasteiger partial charge in [0.2, 0.25) is 11.7 Å². The summed E-state index contributed by atoms with van der Waals surface area (Å²) >= 11 is 1.40. The summed E-state index contributed by atoms with van der Waals surface area (Å²) in [6.45, 7) is 6.34. The number of aromatic nitrogens is 2. The standard InChI is InChI=1S/C17H20N4O4S/c1-11-9-15(21-7-5-20(6-8-21)12(2)22)19-17(18-11)26-10-13-3-4-14(25-13)16(23)24/h3-4,9H,5-8,10H2,1-2H3,(H,23,24). The van der Waals surface area contributed by atoms with Crippen molar-refractivity contribution >= 4 is 29.5 Å². The first kappa shape index (κ1) is 18.2. The third kappa shape index (κ3) is 4.34. The molecule has 0 aromatic carbocycles. The number of anilines is 1. The highest BCUT2D eigenvalue weighted by Gasteiger charge is 2.20. The molecule has 0 aliphatic carbocycles. The number of aromatic carboxylic acids is 1. The van der Waals surface area contributed by atoms with Crippen LogP contribution in [0.3, 0.4) is 0 Å². The predicted octanol–water partition coefficient (Wildman–Crippen LogP) is 2.04. The zero-order valence-corrected chi connectivity index (χ0v) is 15.5. The van der Waals surface area contributed by atoms with Crippen molar-refractivity contribution in [2.45, 2.75) is 24.8 Å². The van der Waals surface area contributed by atoms with Gasteiger partial charge in [-0.1, -0.05) is 11.8 Å². The van der Waals surface area contributed by atoms with Gasteiger partial charge in [-0.25, -0.2) is 14.8 Å². The van der Waals surface area contributed by atoms with E-state index in [0.717, 1.165) is 24.6 Å². The van der Waals surface area contributed by atoms with E-state index in [1.165, 1.54) is 17.8 Å². The Labute approximate surface area is 155 Å². The van der Waals surface area contributed by atoms with Crippen molar-refractivity contribution in [2.75, 3.05) is 31.1 Å². The quantitative estimate of drug-likeness (QED) is 0.625. The SMILES string of the molecule is CC(=O)N1CCN(c2cc(C)nc(SCc3ccc(C(=O)O)o3)n2)CC1. The average molecular weight is 376 g/mol. The maximum Gasteiger partial charge on any atom is 0.371 e. The van der Waals surface area contributed by atoms with Crippen LogP contribution in [0.4, 0.5) is 5.82 Å². The van der Waals surface area contributed by atoms with Crippen molar-refractivity contribution in [2.24, 2.45) is 0 Å². The molecular formula is C17H20N4O4S. The number of carboxylic acid groups (broad SMARTS) is 1. The molecule has 3 heterocycles. The van der Waals surface area contributed by atoms with Crippen LogP contribution in [0, 0.1) is 6.92 Å².